The first-order valence-electron chi connectivity index (χ1n) is 9.00. The van der Waals surface area contributed by atoms with Gasteiger partial charge in [-0.1, -0.05) is 24.8 Å². The first-order chi connectivity index (χ1) is 14.0. The highest BCUT2D eigenvalue weighted by molar-refractivity contribution is 6.46. The van der Waals surface area contributed by atoms with Crippen molar-refractivity contribution in [1.29, 1.82) is 0 Å². The average molecular weight is 395 g/mol. The molecule has 0 saturated carbocycles. The Kier molecular flexibility index (Phi) is 5.99. The van der Waals surface area contributed by atoms with Gasteiger partial charge in [-0.2, -0.15) is 0 Å². The van der Waals surface area contributed by atoms with E-state index < -0.39 is 17.7 Å². The molecule has 0 aliphatic carbocycles. The van der Waals surface area contributed by atoms with Gasteiger partial charge in [0.1, 0.15) is 23.9 Å². The number of nitrogens with zero attached hydrogens (tertiary/aromatic N) is 1. The van der Waals surface area contributed by atoms with Gasteiger partial charge < -0.3 is 25.0 Å². The van der Waals surface area contributed by atoms with E-state index in [2.05, 4.69) is 6.58 Å². The zero-order valence-corrected chi connectivity index (χ0v) is 15.6. The highest BCUT2D eigenvalue weighted by atomic mass is 16.5. The van der Waals surface area contributed by atoms with Crippen LogP contribution in [0.3, 0.4) is 0 Å². The lowest BCUT2D eigenvalue weighted by Crippen LogP contribution is -2.32. The Bertz CT molecular complexity index is 946. The summed E-state index contributed by atoms with van der Waals surface area (Å²) in [6.07, 6.45) is 1.61. The Morgan fingerprint density at radius 3 is 2.34 bits per heavy atom. The maximum atomic E-state index is 12.7. The summed E-state index contributed by atoms with van der Waals surface area (Å²) in [5, 5.41) is 29.7. The molecule has 0 bridgehead atoms. The van der Waals surface area contributed by atoms with Crippen LogP contribution in [0.1, 0.15) is 17.2 Å². The largest absolute Gasteiger partial charge is 0.508 e. The van der Waals surface area contributed by atoms with E-state index in [1.807, 2.05) is 0 Å². The number of phenols is 1. The molecule has 29 heavy (non-hydrogen) atoms. The maximum Gasteiger partial charge on any atom is 0.295 e. The van der Waals surface area contributed by atoms with Crippen molar-refractivity contribution in [3.63, 3.8) is 0 Å². The predicted molar refractivity (Wildman–Crippen MR) is 106 cm³/mol. The van der Waals surface area contributed by atoms with Gasteiger partial charge in [0.05, 0.1) is 18.2 Å². The van der Waals surface area contributed by atoms with Gasteiger partial charge >= 0.3 is 0 Å². The Labute approximate surface area is 167 Å². The van der Waals surface area contributed by atoms with Gasteiger partial charge in [0.25, 0.3) is 11.7 Å². The van der Waals surface area contributed by atoms with E-state index in [0.29, 0.717) is 23.5 Å². The molecule has 0 spiro atoms. The van der Waals surface area contributed by atoms with E-state index in [1.165, 1.54) is 17.0 Å². The number of ketones is 1. The van der Waals surface area contributed by atoms with Crippen LogP contribution < -0.4 is 4.74 Å². The molecule has 0 aromatic heterocycles. The summed E-state index contributed by atoms with van der Waals surface area (Å²) in [6, 6.07) is 11.6. The SMILES string of the molecule is C=CCOc1ccc(C(O)=C2C(=O)C(=O)N(CCO)C2c2ccc(O)cc2)cc1. The van der Waals surface area contributed by atoms with Crippen molar-refractivity contribution in [2.24, 2.45) is 0 Å². The molecule has 1 amide bonds. The van der Waals surface area contributed by atoms with Crippen molar-refractivity contribution in [3.8, 4) is 11.5 Å². The fourth-order valence-electron chi connectivity index (χ4n) is 3.24. The highest BCUT2D eigenvalue weighted by Gasteiger charge is 2.45. The second-order valence-corrected chi connectivity index (χ2v) is 6.43. The summed E-state index contributed by atoms with van der Waals surface area (Å²) in [5.41, 5.74) is 0.804. The molecule has 1 aliphatic rings. The third-order valence-electron chi connectivity index (χ3n) is 4.59. The number of hydrogen-bond acceptors (Lipinski definition) is 6. The summed E-state index contributed by atoms with van der Waals surface area (Å²) in [5.74, 6) is -1.36. The van der Waals surface area contributed by atoms with Crippen molar-refractivity contribution in [2.75, 3.05) is 19.8 Å². The number of carbonyl (C=O) groups is 2. The fourth-order valence-corrected chi connectivity index (χ4v) is 3.24. The molecular weight excluding hydrogens is 374 g/mol. The minimum Gasteiger partial charge on any atom is -0.508 e. The number of β-amino-alcohol motifs (C(OH)–C–C–N with tert-alkyl or cyclic N) is 1. The molecule has 150 valence electrons. The van der Waals surface area contributed by atoms with Crippen LogP contribution in [0.4, 0.5) is 0 Å². The minimum absolute atomic E-state index is 0.0305. The summed E-state index contributed by atoms with van der Waals surface area (Å²) >= 11 is 0. The standard InChI is InChI=1S/C22H21NO6/c1-2-13-29-17-9-5-15(6-10-17)20(26)18-19(14-3-7-16(25)8-4-14)23(11-12-24)22(28)21(18)27/h2-10,19,24-26H,1,11-13H2. The van der Waals surface area contributed by atoms with Gasteiger partial charge in [-0.05, 0) is 42.0 Å². The topological polar surface area (TPSA) is 107 Å². The number of benzene rings is 2. The molecule has 2 aromatic rings. The van der Waals surface area contributed by atoms with Gasteiger partial charge in [-0.15, -0.1) is 0 Å². The van der Waals surface area contributed by atoms with E-state index in [1.54, 1.807) is 42.5 Å². The molecule has 0 radical (unpaired) electrons. The van der Waals surface area contributed by atoms with Crippen LogP contribution in [-0.2, 0) is 9.59 Å². The number of carbonyl (C=O) groups excluding carboxylic acids is 2. The molecule has 2 aromatic carbocycles. The van der Waals surface area contributed by atoms with Crippen LogP contribution in [0.2, 0.25) is 0 Å². The molecule has 1 heterocycles. The smallest absolute Gasteiger partial charge is 0.295 e. The van der Waals surface area contributed by atoms with Crippen molar-refractivity contribution < 1.29 is 29.6 Å². The molecule has 1 fully saturated rings. The van der Waals surface area contributed by atoms with Gasteiger partial charge in [0.2, 0.25) is 0 Å². The number of aliphatic hydroxyl groups excluding tert-OH is 2. The van der Waals surface area contributed by atoms with Gasteiger partial charge in [-0.25, -0.2) is 0 Å². The highest BCUT2D eigenvalue weighted by Crippen LogP contribution is 2.39. The van der Waals surface area contributed by atoms with Crippen molar-refractivity contribution in [1.82, 2.24) is 4.90 Å². The van der Waals surface area contributed by atoms with Crippen LogP contribution >= 0.6 is 0 Å². The molecular formula is C22H21NO6. The molecule has 7 nitrogen and oxygen atoms in total. The minimum atomic E-state index is -0.876. The van der Waals surface area contributed by atoms with Crippen molar-refractivity contribution >= 4 is 17.4 Å². The number of rotatable bonds is 7. The zero-order chi connectivity index (χ0) is 21.0. The first-order valence-corrected chi connectivity index (χ1v) is 9.00. The van der Waals surface area contributed by atoms with E-state index in [0.717, 1.165) is 0 Å². The van der Waals surface area contributed by atoms with Crippen molar-refractivity contribution in [2.45, 2.75) is 6.04 Å². The normalized spacial score (nSPS) is 18.1. The Morgan fingerprint density at radius 1 is 1.10 bits per heavy atom. The average Bonchev–Trinajstić information content (AvgIpc) is 2.98. The Morgan fingerprint density at radius 2 is 1.76 bits per heavy atom. The van der Waals surface area contributed by atoms with Crippen LogP contribution in [0.15, 0.2) is 66.8 Å². The van der Waals surface area contributed by atoms with E-state index >= 15 is 0 Å². The number of likely N-dealkylation sites (tertiary alicyclic amines) is 1. The number of phenolic OH excluding ortho intramolecular Hbond substituents is 1. The predicted octanol–water partition coefficient (Wildman–Crippen LogP) is 2.37. The van der Waals surface area contributed by atoms with E-state index in [-0.39, 0.29) is 30.2 Å². The van der Waals surface area contributed by atoms with Crippen LogP contribution in [0.5, 0.6) is 11.5 Å². The van der Waals surface area contributed by atoms with Gasteiger partial charge in [0, 0.05) is 12.1 Å². The van der Waals surface area contributed by atoms with Crippen LogP contribution in [0.25, 0.3) is 5.76 Å². The Balaban J connectivity index is 2.07. The molecule has 1 atom stereocenters. The summed E-state index contributed by atoms with van der Waals surface area (Å²) in [6.45, 7) is 3.50. The summed E-state index contributed by atoms with van der Waals surface area (Å²) in [4.78, 5) is 26.4. The van der Waals surface area contributed by atoms with Gasteiger partial charge in [0.15, 0.2) is 0 Å². The number of aromatic hydroxyl groups is 1. The third kappa shape index (κ3) is 4.00. The number of hydrogen-bond donors (Lipinski definition) is 3. The quantitative estimate of drug-likeness (QED) is 0.288. The molecule has 7 heteroatoms. The van der Waals surface area contributed by atoms with Crippen molar-refractivity contribution in [3.05, 3.63) is 77.9 Å². The lowest BCUT2D eigenvalue weighted by Gasteiger charge is -2.24. The number of Topliss-reactive ketones (excluding diaryl/α,β-unsaturated/α-hetero) is 1. The monoisotopic (exact) mass is 395 g/mol. The van der Waals surface area contributed by atoms with Crippen LogP contribution in [-0.4, -0.2) is 51.7 Å². The summed E-state index contributed by atoms with van der Waals surface area (Å²) in [7, 11) is 0. The number of amides is 1. The van der Waals surface area contributed by atoms with Crippen LogP contribution in [0, 0.1) is 0 Å². The third-order valence-corrected chi connectivity index (χ3v) is 4.59. The molecule has 1 aliphatic heterocycles. The second kappa shape index (κ2) is 8.62. The molecule has 3 rings (SSSR count). The zero-order valence-electron chi connectivity index (χ0n) is 15.6. The lowest BCUT2D eigenvalue weighted by atomic mass is 9.95. The molecule has 1 unspecified atom stereocenters. The number of ether oxygens (including phenoxy) is 1. The fraction of sp³-hybridized carbons (Fsp3) is 0.182. The Hall–Kier alpha value is -3.58. The van der Waals surface area contributed by atoms with E-state index in [9.17, 15) is 24.9 Å². The second-order valence-electron chi connectivity index (χ2n) is 6.43. The lowest BCUT2D eigenvalue weighted by molar-refractivity contribution is -0.140. The first kappa shape index (κ1) is 20.2. The van der Waals surface area contributed by atoms with E-state index in [4.69, 9.17) is 4.74 Å². The number of aliphatic hydroxyl groups is 2. The summed E-state index contributed by atoms with van der Waals surface area (Å²) < 4.78 is 5.41. The maximum absolute atomic E-state index is 12.7. The van der Waals surface area contributed by atoms with Gasteiger partial charge in [-0.3, -0.25) is 9.59 Å². The molecule has 1 saturated heterocycles. The molecule has 3 N–H and O–H groups in total.